The highest BCUT2D eigenvalue weighted by Gasteiger charge is 2.19. The van der Waals surface area contributed by atoms with E-state index in [1.807, 2.05) is 12.2 Å². The van der Waals surface area contributed by atoms with Crippen LogP contribution in [0.25, 0.3) is 49.4 Å². The van der Waals surface area contributed by atoms with Gasteiger partial charge in [-0.3, -0.25) is 0 Å². The largest absolute Gasteiger partial charge is 0.316 e. The quantitative estimate of drug-likeness (QED) is 0.183. The van der Waals surface area contributed by atoms with Crippen LogP contribution >= 0.6 is 0 Å². The van der Waals surface area contributed by atoms with Crippen LogP contribution in [0, 0.1) is 0 Å². The molecule has 7 aromatic rings. The predicted molar refractivity (Wildman–Crippen MR) is 181 cm³/mol. The van der Waals surface area contributed by atoms with Gasteiger partial charge in [-0.2, -0.15) is 0 Å². The number of para-hydroxylation sites is 2. The summed E-state index contributed by atoms with van der Waals surface area (Å²) in [4.78, 5) is 2.27. The molecule has 1 heterocycles. The molecule has 6 aromatic carbocycles. The number of aromatic nitrogens is 1. The first-order valence-electron chi connectivity index (χ1n) is 14.2. The fourth-order valence-electron chi connectivity index (χ4n) is 5.89. The number of allylic oxidation sites excluding steroid dienone is 4. The van der Waals surface area contributed by atoms with Gasteiger partial charge in [0, 0.05) is 33.7 Å². The molecule has 0 radical (unpaired) electrons. The second-order valence-electron chi connectivity index (χ2n) is 10.3. The average Bonchev–Trinajstić information content (AvgIpc) is 3.40. The zero-order valence-electron chi connectivity index (χ0n) is 23.3. The highest BCUT2D eigenvalue weighted by atomic mass is 15.1. The summed E-state index contributed by atoms with van der Waals surface area (Å²) in [6, 6.07) is 49.8. The van der Waals surface area contributed by atoms with Crippen molar-refractivity contribution < 1.29 is 0 Å². The standard InChI is InChI=1S/C40H30N2/c1-2-3-4-15-28-41(32-18-9-6-10-19-32)38-29-39-40(35-21-12-11-20-34(35)38)36-22-13-14-23-37(36)42(39)33-26-24-31(25-27-33)30-16-7-5-8-17-30/h2-29H,1H2/b4-3-,28-15-. The molecule has 7 rings (SSSR count). The van der Waals surface area contributed by atoms with Gasteiger partial charge < -0.3 is 9.47 Å². The van der Waals surface area contributed by atoms with Gasteiger partial charge in [-0.05, 0) is 59.0 Å². The van der Waals surface area contributed by atoms with Crippen LogP contribution < -0.4 is 4.90 Å². The Morgan fingerprint density at radius 2 is 1.14 bits per heavy atom. The van der Waals surface area contributed by atoms with Crippen molar-refractivity contribution in [2.24, 2.45) is 0 Å². The molecule has 0 aliphatic heterocycles. The van der Waals surface area contributed by atoms with Gasteiger partial charge in [-0.25, -0.2) is 0 Å². The SMILES string of the molecule is C=C/C=C\C=C/N(c1ccccc1)c1cc2c(c3ccccc13)c1ccccc1n2-c1ccc(-c2ccccc2)cc1. The van der Waals surface area contributed by atoms with Crippen molar-refractivity contribution in [1.82, 2.24) is 4.57 Å². The van der Waals surface area contributed by atoms with Gasteiger partial charge in [-0.15, -0.1) is 0 Å². The van der Waals surface area contributed by atoms with Gasteiger partial charge in [0.25, 0.3) is 0 Å². The molecule has 0 aliphatic rings. The van der Waals surface area contributed by atoms with Crippen molar-refractivity contribution in [2.75, 3.05) is 4.90 Å². The van der Waals surface area contributed by atoms with Crippen LogP contribution in [0.15, 0.2) is 177 Å². The second kappa shape index (κ2) is 11.1. The predicted octanol–water partition coefficient (Wildman–Crippen LogP) is 11.0. The van der Waals surface area contributed by atoms with E-state index in [2.05, 4.69) is 168 Å². The second-order valence-corrected chi connectivity index (χ2v) is 10.3. The topological polar surface area (TPSA) is 8.17 Å². The summed E-state index contributed by atoms with van der Waals surface area (Å²) in [6.45, 7) is 3.81. The third-order valence-electron chi connectivity index (χ3n) is 7.78. The summed E-state index contributed by atoms with van der Waals surface area (Å²) >= 11 is 0. The average molecular weight is 539 g/mol. The molecule has 0 spiro atoms. The first-order chi connectivity index (χ1) is 20.8. The Labute approximate surface area is 246 Å². The summed E-state index contributed by atoms with van der Waals surface area (Å²) < 4.78 is 2.40. The lowest BCUT2D eigenvalue weighted by Crippen LogP contribution is -2.09. The van der Waals surface area contributed by atoms with E-state index in [1.54, 1.807) is 6.08 Å². The van der Waals surface area contributed by atoms with Gasteiger partial charge in [0.1, 0.15) is 0 Å². The zero-order valence-corrected chi connectivity index (χ0v) is 23.3. The molecule has 0 saturated heterocycles. The van der Waals surface area contributed by atoms with E-state index < -0.39 is 0 Å². The van der Waals surface area contributed by atoms with Crippen molar-refractivity contribution in [3.8, 4) is 16.8 Å². The van der Waals surface area contributed by atoms with Crippen LogP contribution in [0.5, 0.6) is 0 Å². The molecule has 0 aliphatic carbocycles. The van der Waals surface area contributed by atoms with Crippen LogP contribution in [0.4, 0.5) is 11.4 Å². The van der Waals surface area contributed by atoms with Crippen LogP contribution in [0.2, 0.25) is 0 Å². The minimum atomic E-state index is 1.10. The monoisotopic (exact) mass is 538 g/mol. The number of benzene rings is 6. The molecule has 0 amide bonds. The molecule has 42 heavy (non-hydrogen) atoms. The van der Waals surface area contributed by atoms with Gasteiger partial charge in [0.15, 0.2) is 0 Å². The Balaban J connectivity index is 1.52. The number of hydrogen-bond donors (Lipinski definition) is 0. The lowest BCUT2D eigenvalue weighted by molar-refractivity contribution is 1.18. The third-order valence-corrected chi connectivity index (χ3v) is 7.78. The number of hydrogen-bond acceptors (Lipinski definition) is 1. The molecular formula is C40H30N2. The summed E-state index contributed by atoms with van der Waals surface area (Å²) in [5.74, 6) is 0. The molecule has 0 unspecified atom stereocenters. The van der Waals surface area contributed by atoms with E-state index in [0.29, 0.717) is 0 Å². The number of nitrogens with zero attached hydrogens (tertiary/aromatic N) is 2. The molecule has 0 N–H and O–H groups in total. The Morgan fingerprint density at radius 3 is 1.88 bits per heavy atom. The molecule has 0 fully saturated rings. The fourth-order valence-corrected chi connectivity index (χ4v) is 5.89. The lowest BCUT2D eigenvalue weighted by atomic mass is 10.0. The van der Waals surface area contributed by atoms with Crippen molar-refractivity contribution >= 4 is 44.0 Å². The summed E-state index contributed by atoms with van der Waals surface area (Å²) in [5, 5.41) is 4.95. The summed E-state index contributed by atoms with van der Waals surface area (Å²) in [5.41, 5.74) is 8.15. The lowest BCUT2D eigenvalue weighted by Gasteiger charge is -2.23. The molecule has 1 aromatic heterocycles. The molecule has 2 nitrogen and oxygen atoms in total. The highest BCUT2D eigenvalue weighted by molar-refractivity contribution is 6.24. The van der Waals surface area contributed by atoms with Gasteiger partial charge in [0.2, 0.25) is 0 Å². The van der Waals surface area contributed by atoms with E-state index in [1.165, 1.54) is 43.7 Å². The van der Waals surface area contributed by atoms with Crippen LogP contribution in [-0.2, 0) is 0 Å². The maximum atomic E-state index is 3.81. The maximum Gasteiger partial charge on any atom is 0.0568 e. The molecule has 2 heteroatoms. The highest BCUT2D eigenvalue weighted by Crippen LogP contribution is 2.43. The maximum absolute atomic E-state index is 3.81. The zero-order chi connectivity index (χ0) is 28.3. The van der Waals surface area contributed by atoms with Crippen molar-refractivity contribution in [1.29, 1.82) is 0 Å². The number of anilines is 2. The van der Waals surface area contributed by atoms with E-state index in [9.17, 15) is 0 Å². The van der Waals surface area contributed by atoms with E-state index in [4.69, 9.17) is 0 Å². The Hall–Kier alpha value is -5.60. The van der Waals surface area contributed by atoms with Gasteiger partial charge in [0.05, 0.1) is 16.7 Å². The number of fused-ring (bicyclic) bond motifs is 5. The minimum absolute atomic E-state index is 1.10. The minimum Gasteiger partial charge on any atom is -0.316 e. The van der Waals surface area contributed by atoms with Crippen molar-refractivity contribution in [3.05, 3.63) is 177 Å². The van der Waals surface area contributed by atoms with Gasteiger partial charge >= 0.3 is 0 Å². The first kappa shape index (κ1) is 25.4. The molecule has 0 saturated carbocycles. The molecular weight excluding hydrogens is 508 g/mol. The Bertz CT molecular complexity index is 2080. The van der Waals surface area contributed by atoms with E-state index in [0.717, 1.165) is 17.1 Å². The molecule has 200 valence electrons. The van der Waals surface area contributed by atoms with Crippen LogP contribution in [0.1, 0.15) is 0 Å². The van der Waals surface area contributed by atoms with Crippen molar-refractivity contribution in [3.63, 3.8) is 0 Å². The number of rotatable bonds is 7. The van der Waals surface area contributed by atoms with Crippen LogP contribution in [-0.4, -0.2) is 4.57 Å². The fraction of sp³-hybridized carbons (Fsp3) is 0. The normalized spacial score (nSPS) is 11.7. The van der Waals surface area contributed by atoms with Gasteiger partial charge in [-0.1, -0.05) is 128 Å². The summed E-state index contributed by atoms with van der Waals surface area (Å²) in [7, 11) is 0. The Morgan fingerprint density at radius 1 is 0.524 bits per heavy atom. The van der Waals surface area contributed by atoms with Crippen molar-refractivity contribution in [2.45, 2.75) is 0 Å². The molecule has 0 bridgehead atoms. The van der Waals surface area contributed by atoms with E-state index >= 15 is 0 Å². The smallest absolute Gasteiger partial charge is 0.0568 e. The molecule has 0 atom stereocenters. The summed E-state index contributed by atoms with van der Waals surface area (Å²) in [6.07, 6.45) is 9.93. The first-order valence-corrected chi connectivity index (χ1v) is 14.2. The third kappa shape index (κ3) is 4.49. The Kier molecular flexibility index (Phi) is 6.71. The van der Waals surface area contributed by atoms with Crippen LogP contribution in [0.3, 0.4) is 0 Å². The van der Waals surface area contributed by atoms with E-state index in [-0.39, 0.29) is 0 Å².